The number of ether oxygens (including phenoxy) is 1. The Morgan fingerprint density at radius 1 is 1.10 bits per heavy atom. The lowest BCUT2D eigenvalue weighted by Gasteiger charge is -2.44. The van der Waals surface area contributed by atoms with Gasteiger partial charge in [0.05, 0.1) is 7.11 Å². The lowest BCUT2D eigenvalue weighted by atomic mass is 9.70. The Morgan fingerprint density at radius 2 is 1.75 bits per heavy atom. The van der Waals surface area contributed by atoms with Crippen molar-refractivity contribution in [2.24, 2.45) is 5.92 Å². The van der Waals surface area contributed by atoms with Gasteiger partial charge in [-0.2, -0.15) is 0 Å². The van der Waals surface area contributed by atoms with Gasteiger partial charge in [-0.05, 0) is 31.6 Å². The molecule has 3 nitrogen and oxygen atoms in total. The summed E-state index contributed by atoms with van der Waals surface area (Å²) in [5, 5.41) is 3.79. The number of methoxy groups -OCH3 is 1. The third kappa shape index (κ3) is 3.36. The highest BCUT2D eigenvalue weighted by molar-refractivity contribution is 5.81. The average molecular weight is 281 g/mol. The van der Waals surface area contributed by atoms with Gasteiger partial charge in [0.2, 0.25) is 0 Å². The molecule has 0 aromatic heterocycles. The Morgan fingerprint density at radius 3 is 2.35 bits per heavy atom. The molecule has 0 amide bonds. The molecule has 0 bridgehead atoms. The normalized spacial score (nSPS) is 32.6. The van der Waals surface area contributed by atoms with Crippen molar-refractivity contribution in [1.29, 1.82) is 0 Å². The number of hydrogen-bond donors (Lipinski definition) is 1. The van der Waals surface area contributed by atoms with Crippen LogP contribution in [0.5, 0.6) is 0 Å². The molecule has 2 fully saturated rings. The van der Waals surface area contributed by atoms with Gasteiger partial charge in [0.25, 0.3) is 0 Å². The molecule has 0 aromatic rings. The fourth-order valence-corrected chi connectivity index (χ4v) is 4.29. The zero-order chi connectivity index (χ0) is 14.4. The minimum absolute atomic E-state index is 0.0201. The van der Waals surface area contributed by atoms with Crippen LogP contribution in [0.2, 0.25) is 0 Å². The Balaban J connectivity index is 2.14. The van der Waals surface area contributed by atoms with E-state index in [1.165, 1.54) is 44.9 Å². The minimum Gasteiger partial charge on any atom is -0.468 e. The predicted molar refractivity (Wildman–Crippen MR) is 81.6 cm³/mol. The zero-order valence-corrected chi connectivity index (χ0v) is 13.2. The highest BCUT2D eigenvalue weighted by Crippen LogP contribution is 2.38. The van der Waals surface area contributed by atoms with E-state index in [2.05, 4.69) is 12.2 Å². The van der Waals surface area contributed by atoms with Crippen LogP contribution in [0.25, 0.3) is 0 Å². The van der Waals surface area contributed by atoms with E-state index in [-0.39, 0.29) is 5.97 Å². The van der Waals surface area contributed by atoms with E-state index in [1.54, 1.807) is 7.11 Å². The summed E-state index contributed by atoms with van der Waals surface area (Å²) in [6, 6.07) is 0.503. The maximum atomic E-state index is 12.5. The summed E-state index contributed by atoms with van der Waals surface area (Å²) in [7, 11) is 1.54. The first kappa shape index (κ1) is 15.8. The highest BCUT2D eigenvalue weighted by Gasteiger charge is 2.48. The molecular weight excluding hydrogens is 250 g/mol. The molecule has 2 atom stereocenters. The predicted octanol–water partition coefficient (Wildman–Crippen LogP) is 3.81. The Bertz CT molecular complexity index is 310. The second-order valence-corrected chi connectivity index (χ2v) is 6.65. The molecule has 2 saturated carbocycles. The van der Waals surface area contributed by atoms with E-state index in [0.717, 1.165) is 25.7 Å². The number of carbonyl (C=O) groups is 1. The van der Waals surface area contributed by atoms with Crippen molar-refractivity contribution in [3.63, 3.8) is 0 Å². The summed E-state index contributed by atoms with van der Waals surface area (Å²) in [6.07, 6.45) is 13.3. The van der Waals surface area contributed by atoms with E-state index in [4.69, 9.17) is 4.74 Å². The van der Waals surface area contributed by atoms with Gasteiger partial charge >= 0.3 is 5.97 Å². The van der Waals surface area contributed by atoms with Crippen LogP contribution < -0.4 is 5.32 Å². The monoisotopic (exact) mass is 281 g/mol. The van der Waals surface area contributed by atoms with Gasteiger partial charge in [0.15, 0.2) is 0 Å². The summed E-state index contributed by atoms with van der Waals surface area (Å²) in [5.41, 5.74) is -0.406. The topological polar surface area (TPSA) is 38.3 Å². The van der Waals surface area contributed by atoms with Gasteiger partial charge < -0.3 is 4.74 Å². The first-order valence-electron chi connectivity index (χ1n) is 8.59. The van der Waals surface area contributed by atoms with Crippen LogP contribution in [0.15, 0.2) is 0 Å². The van der Waals surface area contributed by atoms with Crippen molar-refractivity contribution in [2.75, 3.05) is 7.11 Å². The standard InChI is InChI=1S/C17H31NO2/c1-3-14-10-8-9-13-17(14,16(19)20-2)18-15-11-6-4-5-7-12-15/h14-15,18H,3-13H2,1-2H3. The van der Waals surface area contributed by atoms with E-state index >= 15 is 0 Å². The van der Waals surface area contributed by atoms with Crippen LogP contribution in [0.4, 0.5) is 0 Å². The van der Waals surface area contributed by atoms with Crippen molar-refractivity contribution in [1.82, 2.24) is 5.32 Å². The lowest BCUT2D eigenvalue weighted by Crippen LogP contribution is -2.62. The number of rotatable bonds is 4. The van der Waals surface area contributed by atoms with Crippen LogP contribution in [0.3, 0.4) is 0 Å². The minimum atomic E-state index is -0.406. The molecule has 0 saturated heterocycles. The van der Waals surface area contributed by atoms with Gasteiger partial charge in [0, 0.05) is 6.04 Å². The molecule has 0 aromatic carbocycles. The Kier molecular flexibility index (Phi) is 5.88. The molecule has 0 radical (unpaired) electrons. The summed E-state index contributed by atoms with van der Waals surface area (Å²) in [4.78, 5) is 12.5. The van der Waals surface area contributed by atoms with E-state index in [9.17, 15) is 4.79 Å². The number of esters is 1. The van der Waals surface area contributed by atoms with Gasteiger partial charge in [0.1, 0.15) is 5.54 Å². The fourth-order valence-electron chi connectivity index (χ4n) is 4.29. The molecule has 116 valence electrons. The molecule has 2 unspecified atom stereocenters. The number of nitrogens with one attached hydrogen (secondary N) is 1. The first-order valence-corrected chi connectivity index (χ1v) is 8.59. The van der Waals surface area contributed by atoms with E-state index in [0.29, 0.717) is 12.0 Å². The van der Waals surface area contributed by atoms with E-state index in [1.807, 2.05) is 0 Å². The van der Waals surface area contributed by atoms with Crippen molar-refractivity contribution in [3.05, 3.63) is 0 Å². The summed E-state index contributed by atoms with van der Waals surface area (Å²) >= 11 is 0. The second-order valence-electron chi connectivity index (χ2n) is 6.65. The molecule has 2 aliphatic carbocycles. The Labute approximate surface area is 123 Å². The van der Waals surface area contributed by atoms with Crippen LogP contribution in [0, 0.1) is 5.92 Å². The molecule has 3 heteroatoms. The van der Waals surface area contributed by atoms with Crippen molar-refractivity contribution in [3.8, 4) is 0 Å². The van der Waals surface area contributed by atoms with Gasteiger partial charge in [-0.25, -0.2) is 0 Å². The lowest BCUT2D eigenvalue weighted by molar-refractivity contribution is -0.154. The van der Waals surface area contributed by atoms with Crippen LogP contribution in [-0.4, -0.2) is 24.7 Å². The molecule has 1 N–H and O–H groups in total. The molecule has 20 heavy (non-hydrogen) atoms. The molecule has 0 spiro atoms. The number of hydrogen-bond acceptors (Lipinski definition) is 3. The Hall–Kier alpha value is -0.570. The average Bonchev–Trinajstić information content (AvgIpc) is 2.75. The van der Waals surface area contributed by atoms with Crippen LogP contribution in [-0.2, 0) is 9.53 Å². The summed E-state index contributed by atoms with van der Waals surface area (Å²) in [6.45, 7) is 2.21. The zero-order valence-electron chi connectivity index (χ0n) is 13.2. The summed E-state index contributed by atoms with van der Waals surface area (Å²) < 4.78 is 5.20. The largest absolute Gasteiger partial charge is 0.468 e. The fraction of sp³-hybridized carbons (Fsp3) is 0.941. The van der Waals surface area contributed by atoms with Gasteiger partial charge in [-0.1, -0.05) is 51.9 Å². The van der Waals surface area contributed by atoms with Gasteiger partial charge in [-0.3, -0.25) is 10.1 Å². The first-order chi connectivity index (χ1) is 9.73. The SMILES string of the molecule is CCC1CCCCC1(NC1CCCCCC1)C(=O)OC. The summed E-state index contributed by atoms with van der Waals surface area (Å²) in [5.74, 6) is 0.417. The quantitative estimate of drug-likeness (QED) is 0.629. The van der Waals surface area contributed by atoms with Crippen molar-refractivity contribution >= 4 is 5.97 Å². The molecule has 0 heterocycles. The van der Waals surface area contributed by atoms with Crippen LogP contribution >= 0.6 is 0 Å². The van der Waals surface area contributed by atoms with Crippen molar-refractivity contribution < 1.29 is 9.53 Å². The third-order valence-corrected chi connectivity index (χ3v) is 5.43. The van der Waals surface area contributed by atoms with Crippen LogP contribution in [0.1, 0.15) is 77.6 Å². The van der Waals surface area contributed by atoms with Crippen molar-refractivity contribution in [2.45, 2.75) is 89.1 Å². The van der Waals surface area contributed by atoms with E-state index < -0.39 is 5.54 Å². The maximum absolute atomic E-state index is 12.5. The van der Waals surface area contributed by atoms with Gasteiger partial charge in [-0.15, -0.1) is 0 Å². The molecular formula is C17H31NO2. The third-order valence-electron chi connectivity index (χ3n) is 5.43. The smallest absolute Gasteiger partial charge is 0.326 e. The number of carbonyl (C=O) groups excluding carboxylic acids is 1. The molecule has 0 aliphatic heterocycles. The maximum Gasteiger partial charge on any atom is 0.326 e. The molecule has 2 rings (SSSR count). The second kappa shape index (κ2) is 7.44. The molecule has 2 aliphatic rings. The highest BCUT2D eigenvalue weighted by atomic mass is 16.5.